The molecule has 2 atom stereocenters. The molecule has 1 amide bonds. The van der Waals surface area contributed by atoms with Gasteiger partial charge in [-0.15, -0.1) is 0 Å². The van der Waals surface area contributed by atoms with E-state index in [-0.39, 0.29) is 12.0 Å². The summed E-state index contributed by atoms with van der Waals surface area (Å²) in [4.78, 5) is 11.9. The Kier molecular flexibility index (Phi) is 3.99. The van der Waals surface area contributed by atoms with E-state index < -0.39 is 6.10 Å². The van der Waals surface area contributed by atoms with E-state index in [9.17, 15) is 4.79 Å². The highest BCUT2D eigenvalue weighted by Gasteiger charge is 2.29. The van der Waals surface area contributed by atoms with Gasteiger partial charge in [-0.05, 0) is 31.0 Å². The van der Waals surface area contributed by atoms with E-state index in [1.54, 1.807) is 24.3 Å². The van der Waals surface area contributed by atoms with Crippen molar-refractivity contribution in [2.75, 3.05) is 11.9 Å². The Morgan fingerprint density at radius 1 is 1.53 bits per heavy atom. The normalized spacial score (nSPS) is 23.6. The molecule has 0 bridgehead atoms. The Bertz CT molecular complexity index is 411. The number of hydrogen-bond donors (Lipinski definition) is 2. The summed E-state index contributed by atoms with van der Waals surface area (Å²) in [5.41, 5.74) is 6.18. The molecule has 1 aliphatic rings. The fourth-order valence-corrected chi connectivity index (χ4v) is 2.05. The van der Waals surface area contributed by atoms with Crippen molar-refractivity contribution in [1.82, 2.24) is 0 Å². The Hall–Kier alpha value is -1.10. The van der Waals surface area contributed by atoms with Crippen molar-refractivity contribution in [2.24, 2.45) is 5.73 Å². The second-order valence-electron chi connectivity index (χ2n) is 4.06. The molecular formula is C12H15ClN2O2. The quantitative estimate of drug-likeness (QED) is 0.864. The van der Waals surface area contributed by atoms with E-state index in [0.29, 0.717) is 23.7 Å². The van der Waals surface area contributed by atoms with Gasteiger partial charge >= 0.3 is 0 Å². The lowest BCUT2D eigenvalue weighted by atomic mass is 10.2. The van der Waals surface area contributed by atoms with Gasteiger partial charge in [-0.25, -0.2) is 0 Å². The molecule has 4 nitrogen and oxygen atoms in total. The number of nitrogens with one attached hydrogen (secondary N) is 1. The van der Waals surface area contributed by atoms with E-state index in [0.717, 1.165) is 6.42 Å². The van der Waals surface area contributed by atoms with Crippen LogP contribution in [0.2, 0.25) is 5.02 Å². The van der Waals surface area contributed by atoms with Crippen molar-refractivity contribution >= 4 is 23.2 Å². The molecule has 1 aromatic carbocycles. The molecule has 0 radical (unpaired) electrons. The third-order valence-corrected chi connectivity index (χ3v) is 2.99. The maximum absolute atomic E-state index is 11.9. The number of carbonyl (C=O) groups is 1. The van der Waals surface area contributed by atoms with Gasteiger partial charge in [-0.3, -0.25) is 4.79 Å². The van der Waals surface area contributed by atoms with Gasteiger partial charge < -0.3 is 15.8 Å². The maximum Gasteiger partial charge on any atom is 0.253 e. The smallest absolute Gasteiger partial charge is 0.253 e. The molecule has 1 saturated heterocycles. The van der Waals surface area contributed by atoms with Crippen LogP contribution in [0.4, 0.5) is 5.69 Å². The number of benzene rings is 1. The average molecular weight is 255 g/mol. The molecule has 1 heterocycles. The van der Waals surface area contributed by atoms with Gasteiger partial charge in [0.05, 0.1) is 6.10 Å². The topological polar surface area (TPSA) is 64.4 Å². The van der Waals surface area contributed by atoms with Crippen LogP contribution >= 0.6 is 11.6 Å². The third kappa shape index (κ3) is 3.19. The standard InChI is InChI=1S/C12H15ClN2O2/c13-8-2-1-3-9(6-8)15-12(16)11-5-4-10(7-14)17-11/h1-3,6,10-11H,4-5,7,14H2,(H,15,16). The zero-order valence-corrected chi connectivity index (χ0v) is 10.1. The van der Waals surface area contributed by atoms with Crippen LogP contribution in [-0.4, -0.2) is 24.7 Å². The van der Waals surface area contributed by atoms with Crippen LogP contribution < -0.4 is 11.1 Å². The van der Waals surface area contributed by atoms with Gasteiger partial charge in [-0.2, -0.15) is 0 Å². The number of rotatable bonds is 3. The Labute approximate surface area is 105 Å². The predicted molar refractivity (Wildman–Crippen MR) is 67.0 cm³/mol. The zero-order valence-electron chi connectivity index (χ0n) is 9.36. The molecule has 0 aromatic heterocycles. The van der Waals surface area contributed by atoms with Gasteiger partial charge in [0, 0.05) is 17.3 Å². The Balaban J connectivity index is 1.93. The summed E-state index contributed by atoms with van der Waals surface area (Å²) in [5, 5.41) is 3.37. The van der Waals surface area contributed by atoms with Crippen molar-refractivity contribution < 1.29 is 9.53 Å². The predicted octanol–water partition coefficient (Wildman–Crippen LogP) is 1.78. The van der Waals surface area contributed by atoms with Crippen LogP contribution in [-0.2, 0) is 9.53 Å². The minimum absolute atomic E-state index is 0.00473. The molecule has 3 N–H and O–H groups in total. The molecule has 5 heteroatoms. The molecule has 0 saturated carbocycles. The summed E-state index contributed by atoms with van der Waals surface area (Å²) in [6.45, 7) is 0.459. The molecule has 92 valence electrons. The summed E-state index contributed by atoms with van der Waals surface area (Å²) in [7, 11) is 0. The second kappa shape index (κ2) is 5.49. The van der Waals surface area contributed by atoms with Gasteiger partial charge in [0.2, 0.25) is 0 Å². The van der Waals surface area contributed by atoms with E-state index in [1.165, 1.54) is 0 Å². The summed E-state index contributed by atoms with van der Waals surface area (Å²) >= 11 is 5.83. The Morgan fingerprint density at radius 3 is 3.00 bits per heavy atom. The lowest BCUT2D eigenvalue weighted by Crippen LogP contribution is -2.29. The highest BCUT2D eigenvalue weighted by atomic mass is 35.5. The number of hydrogen-bond acceptors (Lipinski definition) is 3. The molecule has 2 unspecified atom stereocenters. The molecular weight excluding hydrogens is 240 g/mol. The minimum atomic E-state index is -0.400. The van der Waals surface area contributed by atoms with Crippen LogP contribution in [0.25, 0.3) is 0 Å². The maximum atomic E-state index is 11.9. The lowest BCUT2D eigenvalue weighted by molar-refractivity contribution is -0.126. The first kappa shape index (κ1) is 12.4. The largest absolute Gasteiger partial charge is 0.364 e. The number of ether oxygens (including phenoxy) is 1. The van der Waals surface area contributed by atoms with Crippen molar-refractivity contribution in [2.45, 2.75) is 25.0 Å². The van der Waals surface area contributed by atoms with Gasteiger partial charge in [0.15, 0.2) is 0 Å². The summed E-state index contributed by atoms with van der Waals surface area (Å²) in [5.74, 6) is -0.136. The molecule has 1 fully saturated rings. The van der Waals surface area contributed by atoms with Crippen molar-refractivity contribution in [1.29, 1.82) is 0 Å². The van der Waals surface area contributed by atoms with Crippen molar-refractivity contribution in [3.05, 3.63) is 29.3 Å². The summed E-state index contributed by atoms with van der Waals surface area (Å²) in [6.07, 6.45) is 1.16. The molecule has 17 heavy (non-hydrogen) atoms. The molecule has 1 aromatic rings. The lowest BCUT2D eigenvalue weighted by Gasteiger charge is -2.12. The van der Waals surface area contributed by atoms with Crippen LogP contribution in [0.5, 0.6) is 0 Å². The number of halogens is 1. The first-order valence-corrected chi connectivity index (χ1v) is 5.99. The van der Waals surface area contributed by atoms with Gasteiger partial charge in [0.25, 0.3) is 5.91 Å². The molecule has 0 spiro atoms. The van der Waals surface area contributed by atoms with Crippen LogP contribution in [0.3, 0.4) is 0 Å². The number of nitrogens with two attached hydrogens (primary N) is 1. The summed E-state index contributed by atoms with van der Waals surface area (Å²) in [6, 6.07) is 7.04. The SMILES string of the molecule is NCC1CCC(C(=O)Nc2cccc(Cl)c2)O1. The van der Waals surface area contributed by atoms with Crippen molar-refractivity contribution in [3.63, 3.8) is 0 Å². The van der Waals surface area contributed by atoms with Crippen LogP contribution in [0.1, 0.15) is 12.8 Å². The van der Waals surface area contributed by atoms with E-state index in [4.69, 9.17) is 22.1 Å². The summed E-state index contributed by atoms with van der Waals surface area (Å²) < 4.78 is 5.50. The second-order valence-corrected chi connectivity index (χ2v) is 4.50. The fourth-order valence-electron chi connectivity index (χ4n) is 1.86. The zero-order chi connectivity index (χ0) is 12.3. The van der Waals surface area contributed by atoms with E-state index in [1.807, 2.05) is 0 Å². The monoisotopic (exact) mass is 254 g/mol. The first-order chi connectivity index (χ1) is 8.19. The van der Waals surface area contributed by atoms with Gasteiger partial charge in [0.1, 0.15) is 6.10 Å². The van der Waals surface area contributed by atoms with E-state index >= 15 is 0 Å². The van der Waals surface area contributed by atoms with Crippen LogP contribution in [0.15, 0.2) is 24.3 Å². The highest BCUT2D eigenvalue weighted by molar-refractivity contribution is 6.30. The first-order valence-electron chi connectivity index (χ1n) is 5.61. The number of amides is 1. The third-order valence-electron chi connectivity index (χ3n) is 2.76. The highest BCUT2D eigenvalue weighted by Crippen LogP contribution is 2.21. The fraction of sp³-hybridized carbons (Fsp3) is 0.417. The molecule has 0 aliphatic carbocycles. The molecule has 1 aliphatic heterocycles. The molecule has 2 rings (SSSR count). The average Bonchev–Trinajstić information content (AvgIpc) is 2.77. The number of anilines is 1. The minimum Gasteiger partial charge on any atom is -0.364 e. The van der Waals surface area contributed by atoms with E-state index in [2.05, 4.69) is 5.32 Å². The Morgan fingerprint density at radius 2 is 2.35 bits per heavy atom. The van der Waals surface area contributed by atoms with Gasteiger partial charge in [-0.1, -0.05) is 17.7 Å². The number of carbonyl (C=O) groups excluding carboxylic acids is 1. The van der Waals surface area contributed by atoms with Crippen molar-refractivity contribution in [3.8, 4) is 0 Å². The van der Waals surface area contributed by atoms with Crippen LogP contribution in [0, 0.1) is 0 Å².